The molecule has 2 rings (SSSR count). The van der Waals surface area contributed by atoms with Gasteiger partial charge in [0.15, 0.2) is 0 Å². The number of nitrogen functional groups attached to an aromatic ring is 1. The number of nitrogens with two attached hydrogens (primary N) is 1. The summed E-state index contributed by atoms with van der Waals surface area (Å²) in [5.41, 5.74) is 8.41. The molecule has 0 amide bonds. The van der Waals surface area contributed by atoms with Crippen LogP contribution in [0.25, 0.3) is 11.1 Å². The van der Waals surface area contributed by atoms with Crippen molar-refractivity contribution in [3.05, 3.63) is 47.8 Å². The molecule has 0 aliphatic heterocycles. The van der Waals surface area contributed by atoms with Crippen molar-refractivity contribution in [2.45, 2.75) is 6.67 Å². The third kappa shape index (κ3) is 2.27. The van der Waals surface area contributed by atoms with Gasteiger partial charge in [0, 0.05) is 12.6 Å². The van der Waals surface area contributed by atoms with E-state index < -0.39 is 6.67 Å². The minimum Gasteiger partial charge on any atom is -0.397 e. The summed E-state index contributed by atoms with van der Waals surface area (Å²) in [4.78, 5) is 0. The van der Waals surface area contributed by atoms with Crippen molar-refractivity contribution in [1.29, 1.82) is 0 Å². The lowest BCUT2D eigenvalue weighted by Gasteiger charge is -2.10. The van der Waals surface area contributed by atoms with Gasteiger partial charge in [-0.3, -0.25) is 0 Å². The van der Waals surface area contributed by atoms with Crippen molar-refractivity contribution < 1.29 is 8.78 Å². The normalized spacial score (nSPS) is 10.4. The fraction of sp³-hybridized carbons (Fsp3) is 0.143. The molecule has 2 aromatic rings. The molecule has 18 heavy (non-hydrogen) atoms. The fourth-order valence-electron chi connectivity index (χ4n) is 1.80. The first-order valence-corrected chi connectivity index (χ1v) is 5.57. The Balaban J connectivity index is 2.48. The second-order valence-electron chi connectivity index (χ2n) is 4.00. The topological polar surface area (TPSA) is 38.0 Å². The van der Waals surface area contributed by atoms with Gasteiger partial charge in [-0.15, -0.1) is 0 Å². The molecule has 0 spiro atoms. The van der Waals surface area contributed by atoms with Gasteiger partial charge in [0.05, 0.1) is 11.4 Å². The zero-order valence-corrected chi connectivity index (χ0v) is 10.0. The van der Waals surface area contributed by atoms with Gasteiger partial charge in [-0.05, 0) is 23.3 Å². The van der Waals surface area contributed by atoms with Crippen LogP contribution in [0.5, 0.6) is 0 Å². The van der Waals surface area contributed by atoms with Gasteiger partial charge in [-0.2, -0.15) is 0 Å². The van der Waals surface area contributed by atoms with Crippen LogP contribution >= 0.6 is 0 Å². The molecule has 0 fully saturated rings. The molecule has 2 nitrogen and oxygen atoms in total. The van der Waals surface area contributed by atoms with Crippen molar-refractivity contribution in [2.75, 3.05) is 18.1 Å². The molecule has 0 radical (unpaired) electrons. The Hall–Kier alpha value is -2.10. The molecule has 0 saturated carbocycles. The van der Waals surface area contributed by atoms with E-state index in [-0.39, 0.29) is 5.82 Å². The van der Waals surface area contributed by atoms with Crippen LogP contribution in [0.3, 0.4) is 0 Å². The highest BCUT2D eigenvalue weighted by molar-refractivity contribution is 5.76. The smallest absolute Gasteiger partial charge is 0.133 e. The van der Waals surface area contributed by atoms with Crippen molar-refractivity contribution in [2.24, 2.45) is 0 Å². The van der Waals surface area contributed by atoms with Crippen molar-refractivity contribution in [3.8, 4) is 11.1 Å². The number of hydrogen-bond acceptors (Lipinski definition) is 2. The van der Waals surface area contributed by atoms with Crippen LogP contribution in [-0.2, 0) is 6.67 Å². The molecular formula is C14H14F2N2. The molecule has 4 heteroatoms. The van der Waals surface area contributed by atoms with E-state index in [4.69, 9.17) is 5.73 Å². The third-order valence-corrected chi connectivity index (χ3v) is 2.83. The summed E-state index contributed by atoms with van der Waals surface area (Å²) in [7, 11) is 1.72. The predicted molar refractivity (Wildman–Crippen MR) is 70.6 cm³/mol. The Morgan fingerprint density at radius 3 is 2.39 bits per heavy atom. The summed E-state index contributed by atoms with van der Waals surface area (Å²) in [5, 5.41) is 2.90. The van der Waals surface area contributed by atoms with Crippen LogP contribution in [0.4, 0.5) is 20.2 Å². The molecule has 0 saturated heterocycles. The fourth-order valence-corrected chi connectivity index (χ4v) is 1.80. The first-order chi connectivity index (χ1) is 8.65. The van der Waals surface area contributed by atoms with Gasteiger partial charge >= 0.3 is 0 Å². The molecule has 0 heterocycles. The van der Waals surface area contributed by atoms with Crippen LogP contribution in [0.2, 0.25) is 0 Å². The molecule has 0 aliphatic rings. The number of hydrogen-bond donors (Lipinski definition) is 2. The van der Waals surface area contributed by atoms with Crippen molar-refractivity contribution in [1.82, 2.24) is 0 Å². The Morgan fingerprint density at radius 1 is 1.17 bits per heavy atom. The van der Waals surface area contributed by atoms with Gasteiger partial charge in [0.1, 0.15) is 12.5 Å². The minimum atomic E-state index is -0.522. The SMILES string of the molecule is CNc1cc(-c2ccc(CF)cc2)c(F)cc1N. The molecule has 0 unspecified atom stereocenters. The molecule has 3 N–H and O–H groups in total. The number of halogens is 2. The minimum absolute atomic E-state index is 0.360. The van der Waals surface area contributed by atoms with E-state index in [0.29, 0.717) is 28.1 Å². The summed E-state index contributed by atoms with van der Waals surface area (Å²) in [6.45, 7) is -0.522. The number of rotatable bonds is 3. The maximum absolute atomic E-state index is 13.9. The first kappa shape index (κ1) is 12.4. The van der Waals surface area contributed by atoms with Gasteiger partial charge in [-0.1, -0.05) is 24.3 Å². The molecule has 0 bridgehead atoms. The lowest BCUT2D eigenvalue weighted by atomic mass is 10.0. The van der Waals surface area contributed by atoms with Crippen LogP contribution in [0.15, 0.2) is 36.4 Å². The highest BCUT2D eigenvalue weighted by Gasteiger charge is 2.09. The summed E-state index contributed by atoms with van der Waals surface area (Å²) in [5.74, 6) is -0.389. The Labute approximate surface area is 104 Å². The molecule has 0 atom stereocenters. The highest BCUT2D eigenvalue weighted by Crippen LogP contribution is 2.30. The van der Waals surface area contributed by atoms with Crippen molar-refractivity contribution >= 4 is 11.4 Å². The molecule has 94 valence electrons. The average Bonchev–Trinajstić information content (AvgIpc) is 2.39. The zero-order valence-electron chi connectivity index (χ0n) is 10.0. The van der Waals surface area contributed by atoms with E-state index in [9.17, 15) is 8.78 Å². The van der Waals surface area contributed by atoms with E-state index in [1.165, 1.54) is 6.07 Å². The summed E-state index contributed by atoms with van der Waals surface area (Å²) >= 11 is 0. The van der Waals surface area contributed by atoms with E-state index in [1.807, 2.05) is 0 Å². The van der Waals surface area contributed by atoms with Gasteiger partial charge < -0.3 is 11.1 Å². The summed E-state index contributed by atoms with van der Waals surface area (Å²) < 4.78 is 26.3. The lowest BCUT2D eigenvalue weighted by molar-refractivity contribution is 0.485. The van der Waals surface area contributed by atoms with Gasteiger partial charge in [0.2, 0.25) is 0 Å². The number of anilines is 2. The lowest BCUT2D eigenvalue weighted by Crippen LogP contribution is -1.98. The number of nitrogens with one attached hydrogen (secondary N) is 1. The number of benzene rings is 2. The van der Waals surface area contributed by atoms with Crippen LogP contribution in [-0.4, -0.2) is 7.05 Å². The van der Waals surface area contributed by atoms with E-state index in [1.54, 1.807) is 37.4 Å². The van der Waals surface area contributed by atoms with Gasteiger partial charge in [0.25, 0.3) is 0 Å². The Bertz CT molecular complexity index is 550. The quantitative estimate of drug-likeness (QED) is 0.815. The van der Waals surface area contributed by atoms with Crippen LogP contribution in [0.1, 0.15) is 5.56 Å². The molecule has 0 aliphatic carbocycles. The molecule has 0 aromatic heterocycles. The van der Waals surface area contributed by atoms with E-state index in [0.717, 1.165) is 0 Å². The zero-order chi connectivity index (χ0) is 13.1. The van der Waals surface area contributed by atoms with E-state index >= 15 is 0 Å². The predicted octanol–water partition coefficient (Wildman–Crippen LogP) is 3.59. The number of alkyl halides is 1. The van der Waals surface area contributed by atoms with Gasteiger partial charge in [-0.25, -0.2) is 8.78 Å². The monoisotopic (exact) mass is 248 g/mol. The second-order valence-corrected chi connectivity index (χ2v) is 4.00. The van der Waals surface area contributed by atoms with Crippen LogP contribution in [0, 0.1) is 5.82 Å². The average molecular weight is 248 g/mol. The van der Waals surface area contributed by atoms with Crippen molar-refractivity contribution in [3.63, 3.8) is 0 Å². The first-order valence-electron chi connectivity index (χ1n) is 5.57. The van der Waals surface area contributed by atoms with Crippen LogP contribution < -0.4 is 11.1 Å². The highest BCUT2D eigenvalue weighted by atomic mass is 19.1. The maximum atomic E-state index is 13.9. The Kier molecular flexibility index (Phi) is 3.46. The summed E-state index contributed by atoms with van der Waals surface area (Å²) in [6.07, 6.45) is 0. The Morgan fingerprint density at radius 2 is 1.83 bits per heavy atom. The maximum Gasteiger partial charge on any atom is 0.133 e. The third-order valence-electron chi connectivity index (χ3n) is 2.83. The second kappa shape index (κ2) is 5.04. The summed E-state index contributed by atoms with van der Waals surface area (Å²) in [6, 6.07) is 9.61. The molecule has 2 aromatic carbocycles. The van der Waals surface area contributed by atoms with E-state index in [2.05, 4.69) is 5.32 Å². The largest absolute Gasteiger partial charge is 0.397 e. The standard InChI is InChI=1S/C14H14F2N2/c1-18-14-6-11(12(16)7-13(14)17)10-4-2-9(8-15)3-5-10/h2-7,18H,8,17H2,1H3. The molecular weight excluding hydrogens is 234 g/mol.